The molecule has 1 atom stereocenters. The van der Waals surface area contributed by atoms with E-state index in [1.165, 1.54) is 10.7 Å². The van der Waals surface area contributed by atoms with Crippen LogP contribution in [0.25, 0.3) is 22.0 Å². The molecule has 1 saturated heterocycles. The highest BCUT2D eigenvalue weighted by molar-refractivity contribution is 5.86. The summed E-state index contributed by atoms with van der Waals surface area (Å²) < 4.78 is 6.92. The normalized spacial score (nSPS) is 18.5. The summed E-state index contributed by atoms with van der Waals surface area (Å²) in [5.74, 6) is -0.210. The van der Waals surface area contributed by atoms with Crippen LogP contribution >= 0.6 is 0 Å². The van der Waals surface area contributed by atoms with Crippen molar-refractivity contribution in [3.63, 3.8) is 0 Å². The Morgan fingerprint density at radius 2 is 1.97 bits per heavy atom. The summed E-state index contributed by atoms with van der Waals surface area (Å²) in [6, 6.07) is 17.3. The van der Waals surface area contributed by atoms with Gasteiger partial charge in [0.15, 0.2) is 0 Å². The highest BCUT2D eigenvalue weighted by atomic mass is 16.5. The minimum Gasteiger partial charge on any atom is -0.375 e. The SMILES string of the molecule is CC1(C)C[C@@H](NC(=O)Cn2nc(-c3ccc4ccccc4c3)ccc2=O)CCO1. The highest BCUT2D eigenvalue weighted by Crippen LogP contribution is 2.24. The Labute approximate surface area is 169 Å². The van der Waals surface area contributed by atoms with Crippen LogP contribution < -0.4 is 10.9 Å². The molecule has 0 bridgehead atoms. The summed E-state index contributed by atoms with van der Waals surface area (Å²) >= 11 is 0. The third-order valence-electron chi connectivity index (χ3n) is 5.27. The first kappa shape index (κ1) is 19.3. The maximum atomic E-state index is 12.5. The quantitative estimate of drug-likeness (QED) is 0.742. The number of aromatic nitrogens is 2. The molecule has 1 aliphatic rings. The number of benzene rings is 2. The van der Waals surface area contributed by atoms with E-state index in [9.17, 15) is 9.59 Å². The van der Waals surface area contributed by atoms with Crippen LogP contribution in [-0.2, 0) is 16.1 Å². The van der Waals surface area contributed by atoms with Gasteiger partial charge in [-0.15, -0.1) is 0 Å². The summed E-state index contributed by atoms with van der Waals surface area (Å²) in [6.07, 6.45) is 1.52. The van der Waals surface area contributed by atoms with Gasteiger partial charge in [-0.3, -0.25) is 9.59 Å². The Morgan fingerprint density at radius 3 is 2.76 bits per heavy atom. The first-order chi connectivity index (χ1) is 13.9. The van der Waals surface area contributed by atoms with E-state index >= 15 is 0 Å². The topological polar surface area (TPSA) is 73.2 Å². The van der Waals surface area contributed by atoms with Crippen LogP contribution in [0.4, 0.5) is 0 Å². The average Bonchev–Trinajstić information content (AvgIpc) is 2.68. The third kappa shape index (κ3) is 4.54. The van der Waals surface area contributed by atoms with Crippen molar-refractivity contribution in [2.45, 2.75) is 44.9 Å². The van der Waals surface area contributed by atoms with Crippen molar-refractivity contribution >= 4 is 16.7 Å². The van der Waals surface area contributed by atoms with Gasteiger partial charge in [-0.25, -0.2) is 4.68 Å². The number of nitrogens with one attached hydrogen (secondary N) is 1. The summed E-state index contributed by atoms with van der Waals surface area (Å²) in [5, 5.41) is 9.69. The van der Waals surface area contributed by atoms with Gasteiger partial charge >= 0.3 is 0 Å². The molecule has 2 heterocycles. The van der Waals surface area contributed by atoms with Crippen molar-refractivity contribution in [1.29, 1.82) is 0 Å². The maximum absolute atomic E-state index is 12.5. The molecule has 29 heavy (non-hydrogen) atoms. The van der Waals surface area contributed by atoms with Crippen LogP contribution in [0.15, 0.2) is 59.4 Å². The standard InChI is InChI=1S/C23H25N3O3/c1-23(2)14-19(11-12-29-23)24-21(27)15-26-22(28)10-9-20(25-26)18-8-7-16-5-3-4-6-17(16)13-18/h3-10,13,19H,11-12,14-15H2,1-2H3,(H,24,27)/t19-/m0/s1. The first-order valence-electron chi connectivity index (χ1n) is 9.90. The number of amides is 1. The molecule has 1 fully saturated rings. The van der Waals surface area contributed by atoms with Crippen LogP contribution in [0.5, 0.6) is 0 Å². The lowest BCUT2D eigenvalue weighted by atomic mass is 9.94. The molecule has 1 N–H and O–H groups in total. The molecule has 4 rings (SSSR count). The van der Waals surface area contributed by atoms with E-state index in [1.54, 1.807) is 6.07 Å². The number of hydrogen-bond acceptors (Lipinski definition) is 4. The smallest absolute Gasteiger partial charge is 0.267 e. The molecule has 1 amide bonds. The summed E-state index contributed by atoms with van der Waals surface area (Å²) in [4.78, 5) is 24.8. The van der Waals surface area contributed by atoms with Crippen molar-refractivity contribution in [3.8, 4) is 11.3 Å². The van der Waals surface area contributed by atoms with Crippen LogP contribution in [0, 0.1) is 0 Å². The van der Waals surface area contributed by atoms with Gasteiger partial charge < -0.3 is 10.1 Å². The van der Waals surface area contributed by atoms with Gasteiger partial charge in [0, 0.05) is 24.3 Å². The molecule has 2 aromatic carbocycles. The number of carbonyl (C=O) groups excluding carboxylic acids is 1. The van der Waals surface area contributed by atoms with Crippen molar-refractivity contribution in [2.24, 2.45) is 0 Å². The second-order valence-electron chi connectivity index (χ2n) is 8.14. The molecule has 0 aliphatic carbocycles. The van der Waals surface area contributed by atoms with Gasteiger partial charge in [0.2, 0.25) is 5.91 Å². The fourth-order valence-corrected chi connectivity index (χ4v) is 3.83. The van der Waals surface area contributed by atoms with Gasteiger partial charge in [-0.1, -0.05) is 36.4 Å². The van der Waals surface area contributed by atoms with E-state index in [0.717, 1.165) is 29.2 Å². The summed E-state index contributed by atoms with van der Waals surface area (Å²) in [5.41, 5.74) is 1.03. The molecule has 6 nitrogen and oxygen atoms in total. The number of fused-ring (bicyclic) bond motifs is 1. The van der Waals surface area contributed by atoms with Crippen LogP contribution in [0.1, 0.15) is 26.7 Å². The van der Waals surface area contributed by atoms with Gasteiger partial charge in [0.25, 0.3) is 5.56 Å². The minimum absolute atomic E-state index is 0.0469. The second kappa shape index (κ2) is 7.79. The molecule has 3 aromatic rings. The monoisotopic (exact) mass is 391 g/mol. The largest absolute Gasteiger partial charge is 0.375 e. The number of rotatable bonds is 4. The molecule has 6 heteroatoms. The van der Waals surface area contributed by atoms with E-state index < -0.39 is 0 Å². The van der Waals surface area contributed by atoms with E-state index in [1.807, 2.05) is 50.2 Å². The minimum atomic E-state index is -0.294. The molecule has 150 valence electrons. The van der Waals surface area contributed by atoms with Crippen molar-refractivity contribution in [2.75, 3.05) is 6.61 Å². The van der Waals surface area contributed by atoms with E-state index in [4.69, 9.17) is 4.74 Å². The van der Waals surface area contributed by atoms with Crippen LogP contribution in [0.3, 0.4) is 0 Å². The van der Waals surface area contributed by atoms with Crippen molar-refractivity contribution in [1.82, 2.24) is 15.1 Å². The van der Waals surface area contributed by atoms with Gasteiger partial charge in [0.05, 0.1) is 11.3 Å². The second-order valence-corrected chi connectivity index (χ2v) is 8.14. The number of ether oxygens (including phenoxy) is 1. The molecule has 0 radical (unpaired) electrons. The lowest BCUT2D eigenvalue weighted by Gasteiger charge is -2.35. The first-order valence-corrected chi connectivity index (χ1v) is 9.90. The van der Waals surface area contributed by atoms with Crippen molar-refractivity contribution < 1.29 is 9.53 Å². The predicted molar refractivity (Wildman–Crippen MR) is 113 cm³/mol. The lowest BCUT2D eigenvalue weighted by molar-refractivity contribution is -0.124. The number of hydrogen-bond donors (Lipinski definition) is 1. The highest BCUT2D eigenvalue weighted by Gasteiger charge is 2.29. The van der Waals surface area contributed by atoms with Gasteiger partial charge in [0.1, 0.15) is 6.54 Å². The molecule has 0 unspecified atom stereocenters. The molecular weight excluding hydrogens is 366 g/mol. The third-order valence-corrected chi connectivity index (χ3v) is 5.27. The van der Waals surface area contributed by atoms with Gasteiger partial charge in [-0.05, 0) is 49.6 Å². The Hall–Kier alpha value is -2.99. The van der Waals surface area contributed by atoms with Crippen LogP contribution in [0.2, 0.25) is 0 Å². The zero-order valence-electron chi connectivity index (χ0n) is 16.7. The van der Waals surface area contributed by atoms with E-state index in [0.29, 0.717) is 12.3 Å². The zero-order chi connectivity index (χ0) is 20.4. The summed E-state index contributed by atoms with van der Waals surface area (Å²) in [6.45, 7) is 4.56. The summed E-state index contributed by atoms with van der Waals surface area (Å²) in [7, 11) is 0. The van der Waals surface area contributed by atoms with E-state index in [-0.39, 0.29) is 29.7 Å². The van der Waals surface area contributed by atoms with Gasteiger partial charge in [-0.2, -0.15) is 5.10 Å². The van der Waals surface area contributed by atoms with Crippen molar-refractivity contribution in [3.05, 3.63) is 65.0 Å². The molecule has 1 aromatic heterocycles. The Morgan fingerprint density at radius 1 is 1.17 bits per heavy atom. The average molecular weight is 391 g/mol. The predicted octanol–water partition coefficient (Wildman–Crippen LogP) is 3.14. The molecular formula is C23H25N3O3. The fourth-order valence-electron chi connectivity index (χ4n) is 3.83. The Kier molecular flexibility index (Phi) is 5.20. The maximum Gasteiger partial charge on any atom is 0.267 e. The van der Waals surface area contributed by atoms with Crippen LogP contribution in [-0.4, -0.2) is 33.9 Å². The number of nitrogens with zero attached hydrogens (tertiary/aromatic N) is 2. The lowest BCUT2D eigenvalue weighted by Crippen LogP contribution is -2.47. The fraction of sp³-hybridized carbons (Fsp3) is 0.348. The Bertz CT molecular complexity index is 1100. The Balaban J connectivity index is 1.52. The zero-order valence-corrected chi connectivity index (χ0v) is 16.7. The molecule has 0 spiro atoms. The molecule has 1 aliphatic heterocycles. The number of carbonyl (C=O) groups is 1. The van der Waals surface area contributed by atoms with E-state index in [2.05, 4.69) is 16.5 Å². The molecule has 0 saturated carbocycles.